The van der Waals surface area contributed by atoms with E-state index < -0.39 is 6.10 Å². The summed E-state index contributed by atoms with van der Waals surface area (Å²) in [6.07, 6.45) is 4.83. The van der Waals surface area contributed by atoms with Crippen molar-refractivity contribution < 1.29 is 5.11 Å². The Kier molecular flexibility index (Phi) is 4.45. The Morgan fingerprint density at radius 3 is 2.69 bits per heavy atom. The minimum absolute atomic E-state index is 0.738. The molecule has 1 unspecified atom stereocenters. The molecule has 1 aromatic carbocycles. The largest absolute Gasteiger partial charge is 0.383 e. The molecule has 0 aliphatic carbocycles. The molecule has 0 fully saturated rings. The van der Waals surface area contributed by atoms with Gasteiger partial charge in [-0.2, -0.15) is 0 Å². The number of nitrogens with zero attached hydrogens (tertiary/aromatic N) is 2. The second kappa shape index (κ2) is 6.90. The Morgan fingerprint density at radius 2 is 2.00 bits per heavy atom. The summed E-state index contributed by atoms with van der Waals surface area (Å²) < 4.78 is 2.11. The number of aryl methyl sites for hydroxylation is 2. The van der Waals surface area contributed by atoms with Crippen LogP contribution in [0.4, 0.5) is 0 Å². The standard InChI is InChI=1S/C22H20N2OS/c1-15-6-3-7-16(12-15)21-20(22(25)17-8-4-10-23-13-17)18(14-24(21)2)19-9-5-11-26-19/h3-14,22,25H,1-2H3. The summed E-state index contributed by atoms with van der Waals surface area (Å²) in [4.78, 5) is 5.33. The molecule has 0 amide bonds. The lowest BCUT2D eigenvalue weighted by molar-refractivity contribution is 0.221. The zero-order valence-corrected chi connectivity index (χ0v) is 15.6. The maximum absolute atomic E-state index is 11.2. The molecule has 0 aliphatic heterocycles. The van der Waals surface area contributed by atoms with Gasteiger partial charge in [0.15, 0.2) is 0 Å². The molecular formula is C22H20N2OS. The number of rotatable bonds is 4. The molecule has 4 rings (SSSR count). The molecule has 0 spiro atoms. The van der Waals surface area contributed by atoms with Crippen molar-refractivity contribution in [3.63, 3.8) is 0 Å². The summed E-state index contributed by atoms with van der Waals surface area (Å²) >= 11 is 1.68. The zero-order valence-electron chi connectivity index (χ0n) is 14.8. The van der Waals surface area contributed by atoms with Gasteiger partial charge in [-0.15, -0.1) is 11.3 Å². The topological polar surface area (TPSA) is 38.1 Å². The van der Waals surface area contributed by atoms with Crippen LogP contribution in [0.25, 0.3) is 21.7 Å². The molecule has 130 valence electrons. The van der Waals surface area contributed by atoms with Crippen LogP contribution in [-0.4, -0.2) is 14.7 Å². The molecule has 1 atom stereocenters. The van der Waals surface area contributed by atoms with E-state index in [-0.39, 0.29) is 0 Å². The normalized spacial score (nSPS) is 12.3. The minimum atomic E-state index is -0.738. The van der Waals surface area contributed by atoms with Gasteiger partial charge in [-0.05, 0) is 36.1 Å². The third-order valence-corrected chi connectivity index (χ3v) is 5.48. The zero-order chi connectivity index (χ0) is 18.1. The van der Waals surface area contributed by atoms with Crippen LogP contribution >= 0.6 is 11.3 Å². The fraction of sp³-hybridized carbons (Fsp3) is 0.136. The van der Waals surface area contributed by atoms with E-state index in [1.807, 2.05) is 25.2 Å². The lowest BCUT2D eigenvalue weighted by atomic mass is 9.95. The van der Waals surface area contributed by atoms with Gasteiger partial charge >= 0.3 is 0 Å². The number of aromatic nitrogens is 2. The van der Waals surface area contributed by atoms with Crippen LogP contribution in [0.5, 0.6) is 0 Å². The van der Waals surface area contributed by atoms with E-state index in [0.717, 1.165) is 32.8 Å². The predicted molar refractivity (Wildman–Crippen MR) is 107 cm³/mol. The van der Waals surface area contributed by atoms with E-state index in [9.17, 15) is 5.11 Å². The molecule has 1 N–H and O–H groups in total. The van der Waals surface area contributed by atoms with Crippen molar-refractivity contribution in [3.8, 4) is 21.7 Å². The first-order valence-electron chi connectivity index (χ1n) is 8.53. The van der Waals surface area contributed by atoms with Crippen LogP contribution in [0.2, 0.25) is 0 Å². The van der Waals surface area contributed by atoms with E-state index in [1.165, 1.54) is 5.56 Å². The molecule has 0 saturated carbocycles. The third-order valence-electron chi connectivity index (χ3n) is 4.57. The molecule has 0 aliphatic rings. The summed E-state index contributed by atoms with van der Waals surface area (Å²) in [6, 6.07) is 16.3. The van der Waals surface area contributed by atoms with Crippen LogP contribution in [0.1, 0.15) is 22.8 Å². The first-order chi connectivity index (χ1) is 12.6. The van der Waals surface area contributed by atoms with E-state index >= 15 is 0 Å². The number of hydrogen-bond donors (Lipinski definition) is 1. The molecule has 0 bridgehead atoms. The van der Waals surface area contributed by atoms with E-state index in [0.29, 0.717) is 0 Å². The van der Waals surface area contributed by atoms with Crippen LogP contribution in [0, 0.1) is 6.92 Å². The van der Waals surface area contributed by atoms with Crippen molar-refractivity contribution in [1.29, 1.82) is 0 Å². The van der Waals surface area contributed by atoms with Crippen molar-refractivity contribution in [3.05, 3.63) is 89.2 Å². The highest BCUT2D eigenvalue weighted by Gasteiger charge is 2.25. The highest BCUT2D eigenvalue weighted by molar-refractivity contribution is 7.13. The smallest absolute Gasteiger partial charge is 0.108 e. The third kappa shape index (κ3) is 2.98. The highest BCUT2D eigenvalue weighted by Crippen LogP contribution is 2.41. The van der Waals surface area contributed by atoms with Gasteiger partial charge in [0.2, 0.25) is 0 Å². The van der Waals surface area contributed by atoms with Crippen molar-refractivity contribution in [2.24, 2.45) is 7.05 Å². The number of hydrogen-bond acceptors (Lipinski definition) is 3. The summed E-state index contributed by atoms with van der Waals surface area (Å²) in [5.74, 6) is 0. The number of thiophene rings is 1. The van der Waals surface area contributed by atoms with Gasteiger partial charge in [-0.1, -0.05) is 35.9 Å². The quantitative estimate of drug-likeness (QED) is 0.543. The lowest BCUT2D eigenvalue weighted by Crippen LogP contribution is -2.03. The number of pyridine rings is 1. The monoisotopic (exact) mass is 360 g/mol. The van der Waals surface area contributed by atoms with Crippen LogP contribution in [0.3, 0.4) is 0 Å². The van der Waals surface area contributed by atoms with Crippen molar-refractivity contribution in [2.75, 3.05) is 0 Å². The van der Waals surface area contributed by atoms with Crippen LogP contribution < -0.4 is 0 Å². The highest BCUT2D eigenvalue weighted by atomic mass is 32.1. The molecule has 26 heavy (non-hydrogen) atoms. The molecule has 4 aromatic rings. The van der Waals surface area contributed by atoms with Crippen molar-refractivity contribution in [1.82, 2.24) is 9.55 Å². The Morgan fingerprint density at radius 1 is 1.12 bits per heavy atom. The summed E-state index contributed by atoms with van der Waals surface area (Å²) in [5.41, 5.74) is 6.12. The van der Waals surface area contributed by atoms with Gasteiger partial charge in [0.05, 0.1) is 5.69 Å². The first kappa shape index (κ1) is 16.8. The number of benzene rings is 1. The lowest BCUT2D eigenvalue weighted by Gasteiger charge is -2.16. The van der Waals surface area contributed by atoms with Gasteiger partial charge in [-0.3, -0.25) is 4.98 Å². The van der Waals surface area contributed by atoms with Gasteiger partial charge in [0, 0.05) is 47.2 Å². The van der Waals surface area contributed by atoms with E-state index in [1.54, 1.807) is 23.7 Å². The predicted octanol–water partition coefficient (Wildman–Crippen LogP) is 5.21. The Balaban J connectivity index is 1.97. The maximum atomic E-state index is 11.2. The van der Waals surface area contributed by atoms with Crippen LogP contribution in [0.15, 0.2) is 72.5 Å². The molecule has 3 nitrogen and oxygen atoms in total. The van der Waals surface area contributed by atoms with Gasteiger partial charge in [-0.25, -0.2) is 0 Å². The SMILES string of the molecule is Cc1cccc(-c2c(C(O)c3cccnc3)c(-c3cccs3)cn2C)c1. The summed E-state index contributed by atoms with van der Waals surface area (Å²) in [7, 11) is 2.04. The summed E-state index contributed by atoms with van der Waals surface area (Å²) in [5, 5.41) is 13.3. The Labute approximate surface area is 157 Å². The Bertz CT molecular complexity index is 1020. The molecule has 0 saturated heterocycles. The average Bonchev–Trinajstić information content (AvgIpc) is 3.29. The second-order valence-corrected chi connectivity index (χ2v) is 7.40. The van der Waals surface area contributed by atoms with E-state index in [2.05, 4.69) is 58.4 Å². The average molecular weight is 360 g/mol. The fourth-order valence-electron chi connectivity index (χ4n) is 3.41. The molecular weight excluding hydrogens is 340 g/mol. The van der Waals surface area contributed by atoms with Crippen molar-refractivity contribution in [2.45, 2.75) is 13.0 Å². The van der Waals surface area contributed by atoms with E-state index in [4.69, 9.17) is 0 Å². The number of aliphatic hydroxyl groups is 1. The Hall–Kier alpha value is -2.69. The molecule has 3 heterocycles. The van der Waals surface area contributed by atoms with Gasteiger partial charge < -0.3 is 9.67 Å². The van der Waals surface area contributed by atoms with Crippen LogP contribution in [-0.2, 0) is 7.05 Å². The fourth-order valence-corrected chi connectivity index (χ4v) is 4.16. The second-order valence-electron chi connectivity index (χ2n) is 6.45. The van der Waals surface area contributed by atoms with Gasteiger partial charge in [0.1, 0.15) is 6.10 Å². The van der Waals surface area contributed by atoms with Crippen molar-refractivity contribution >= 4 is 11.3 Å². The summed E-state index contributed by atoms with van der Waals surface area (Å²) in [6.45, 7) is 2.09. The minimum Gasteiger partial charge on any atom is -0.383 e. The molecule has 3 aromatic heterocycles. The maximum Gasteiger partial charge on any atom is 0.108 e. The number of aliphatic hydroxyl groups excluding tert-OH is 1. The van der Waals surface area contributed by atoms with Gasteiger partial charge in [0.25, 0.3) is 0 Å². The molecule has 0 radical (unpaired) electrons. The first-order valence-corrected chi connectivity index (χ1v) is 9.41. The molecule has 4 heteroatoms.